The molecule has 0 aliphatic heterocycles. The van der Waals surface area contributed by atoms with Gasteiger partial charge in [0, 0.05) is 36.6 Å². The minimum Gasteiger partial charge on any atom is -0.595 e. The molecule has 3 rings (SSSR count). The second-order valence-corrected chi connectivity index (χ2v) is 7.69. The number of quaternary nitrogens is 1. The molecule has 7 nitrogen and oxygen atoms in total. The number of nitrogens with zero attached hydrogens (tertiary/aromatic N) is 2. The van der Waals surface area contributed by atoms with Gasteiger partial charge in [0.25, 0.3) is 0 Å². The number of nitrogens with one attached hydrogen (secondary N) is 1. The first-order chi connectivity index (χ1) is 12.9. The van der Waals surface area contributed by atoms with Crippen molar-refractivity contribution in [2.45, 2.75) is 33.6 Å². The molecule has 3 N–H and O–H groups in total. The van der Waals surface area contributed by atoms with E-state index >= 15 is 0 Å². The van der Waals surface area contributed by atoms with Gasteiger partial charge in [-0.25, -0.2) is 5.21 Å². The summed E-state index contributed by atoms with van der Waals surface area (Å²) in [5.74, 6) is 2.45. The maximum Gasteiger partial charge on any atom is 0.247 e. The molecule has 1 aliphatic carbocycles. The van der Waals surface area contributed by atoms with E-state index in [0.29, 0.717) is 41.5 Å². The fourth-order valence-electron chi connectivity index (χ4n) is 3.90. The van der Waals surface area contributed by atoms with E-state index < -0.39 is 5.23 Å². The Morgan fingerprint density at radius 1 is 1.26 bits per heavy atom. The van der Waals surface area contributed by atoms with Gasteiger partial charge in [-0.2, -0.15) is 5.23 Å². The van der Waals surface area contributed by atoms with Gasteiger partial charge >= 0.3 is 0 Å². The molecule has 27 heavy (non-hydrogen) atoms. The Labute approximate surface area is 158 Å². The van der Waals surface area contributed by atoms with Gasteiger partial charge in [0.15, 0.2) is 5.69 Å². The van der Waals surface area contributed by atoms with Crippen molar-refractivity contribution in [2.24, 2.45) is 23.7 Å². The average molecular weight is 373 g/mol. The summed E-state index contributed by atoms with van der Waals surface area (Å²) < 4.78 is 5.82. The molecule has 7 heteroatoms. The Morgan fingerprint density at radius 2 is 1.96 bits per heavy atom. The average Bonchev–Trinajstić information content (AvgIpc) is 3.11. The lowest BCUT2D eigenvalue weighted by molar-refractivity contribution is -0.991. The SMILES string of the molecule is CC1=CC(CO)C(C(C)C)CC1Cc1nnc(-c2ccc([NH+]([O-])O)cc2)o1. The van der Waals surface area contributed by atoms with Gasteiger partial charge < -0.3 is 14.7 Å². The monoisotopic (exact) mass is 373 g/mol. The topological polar surface area (TPSA) is 107 Å². The molecule has 4 atom stereocenters. The van der Waals surface area contributed by atoms with E-state index in [1.165, 1.54) is 17.7 Å². The molecule has 4 unspecified atom stereocenters. The predicted molar refractivity (Wildman–Crippen MR) is 100.0 cm³/mol. The number of rotatable bonds is 6. The first-order valence-corrected chi connectivity index (χ1v) is 9.34. The second-order valence-electron chi connectivity index (χ2n) is 7.69. The van der Waals surface area contributed by atoms with Crippen molar-refractivity contribution in [3.63, 3.8) is 0 Å². The third-order valence-electron chi connectivity index (χ3n) is 5.56. The Balaban J connectivity index is 1.73. The van der Waals surface area contributed by atoms with Crippen LogP contribution in [0.15, 0.2) is 40.3 Å². The zero-order valence-corrected chi connectivity index (χ0v) is 15.9. The third-order valence-corrected chi connectivity index (χ3v) is 5.56. The van der Waals surface area contributed by atoms with Gasteiger partial charge in [0.1, 0.15) is 0 Å². The van der Waals surface area contributed by atoms with Gasteiger partial charge in [0.05, 0.1) is 0 Å². The van der Waals surface area contributed by atoms with Crippen LogP contribution < -0.4 is 5.23 Å². The maximum absolute atomic E-state index is 11.0. The van der Waals surface area contributed by atoms with Crippen LogP contribution in [0.1, 0.15) is 33.1 Å². The van der Waals surface area contributed by atoms with Crippen molar-refractivity contribution in [1.29, 1.82) is 0 Å². The first-order valence-electron chi connectivity index (χ1n) is 9.34. The van der Waals surface area contributed by atoms with Crippen LogP contribution in [-0.2, 0) is 6.42 Å². The first kappa shape index (κ1) is 19.7. The van der Waals surface area contributed by atoms with Gasteiger partial charge in [-0.3, -0.25) is 0 Å². The molecule has 0 spiro atoms. The molecule has 1 heterocycles. The summed E-state index contributed by atoms with van der Waals surface area (Å²) >= 11 is 0. The van der Waals surface area contributed by atoms with Crippen LogP contribution in [0.25, 0.3) is 11.5 Å². The van der Waals surface area contributed by atoms with E-state index in [4.69, 9.17) is 9.62 Å². The Kier molecular flexibility index (Phi) is 6.06. The molecule has 1 aromatic carbocycles. The van der Waals surface area contributed by atoms with E-state index in [-0.39, 0.29) is 18.2 Å². The van der Waals surface area contributed by atoms with Crippen LogP contribution >= 0.6 is 0 Å². The van der Waals surface area contributed by atoms with Crippen LogP contribution in [0.3, 0.4) is 0 Å². The summed E-state index contributed by atoms with van der Waals surface area (Å²) in [5, 5.41) is 36.9. The zero-order chi connectivity index (χ0) is 19.6. The summed E-state index contributed by atoms with van der Waals surface area (Å²) in [6.07, 6.45) is 3.86. The second kappa shape index (κ2) is 8.31. The lowest BCUT2D eigenvalue weighted by Gasteiger charge is -2.36. The molecular formula is C20H27N3O4. The van der Waals surface area contributed by atoms with Crippen molar-refractivity contribution >= 4 is 5.69 Å². The lowest BCUT2D eigenvalue weighted by Crippen LogP contribution is -2.99. The summed E-state index contributed by atoms with van der Waals surface area (Å²) in [6.45, 7) is 6.69. The van der Waals surface area contributed by atoms with Crippen LogP contribution in [0.2, 0.25) is 0 Å². The molecule has 0 bridgehead atoms. The predicted octanol–water partition coefficient (Wildman–Crippen LogP) is 2.53. The third kappa shape index (κ3) is 4.44. The quantitative estimate of drug-likeness (QED) is 0.531. The summed E-state index contributed by atoms with van der Waals surface area (Å²) in [4.78, 5) is 0. The Hall–Kier alpha value is -2.06. The Morgan fingerprint density at radius 3 is 2.56 bits per heavy atom. The number of hydrogen-bond donors (Lipinski definition) is 3. The standard InChI is InChI=1S/C20H27N3O4/c1-12(2)18-9-15(13(3)8-16(18)11-24)10-19-21-22-20(27-19)14-4-6-17(7-5-14)23(25)26/h4-8,12,15-16,18,23-25H,9-11H2,1-3H3. The van der Waals surface area contributed by atoms with Gasteiger partial charge in [-0.1, -0.05) is 25.5 Å². The molecule has 2 aromatic rings. The van der Waals surface area contributed by atoms with Crippen LogP contribution in [0.4, 0.5) is 5.69 Å². The highest BCUT2D eigenvalue weighted by molar-refractivity contribution is 5.55. The highest BCUT2D eigenvalue weighted by Crippen LogP contribution is 2.38. The minimum absolute atomic E-state index is 0.184. The number of benzene rings is 1. The van der Waals surface area contributed by atoms with E-state index in [2.05, 4.69) is 37.0 Å². The van der Waals surface area contributed by atoms with Crippen LogP contribution in [-0.4, -0.2) is 27.1 Å². The molecular weight excluding hydrogens is 346 g/mol. The van der Waals surface area contributed by atoms with Crippen molar-refractivity contribution in [3.8, 4) is 11.5 Å². The zero-order valence-electron chi connectivity index (χ0n) is 15.9. The van der Waals surface area contributed by atoms with Crippen LogP contribution in [0.5, 0.6) is 0 Å². The molecule has 1 aliphatic rings. The summed E-state index contributed by atoms with van der Waals surface area (Å²) in [6, 6.07) is 6.40. The fourth-order valence-corrected chi connectivity index (χ4v) is 3.90. The van der Waals surface area contributed by atoms with Crippen molar-refractivity contribution in [1.82, 2.24) is 10.2 Å². The van der Waals surface area contributed by atoms with E-state index in [1.807, 2.05) is 0 Å². The van der Waals surface area contributed by atoms with E-state index in [0.717, 1.165) is 6.42 Å². The molecule has 0 saturated carbocycles. The van der Waals surface area contributed by atoms with E-state index in [9.17, 15) is 10.3 Å². The van der Waals surface area contributed by atoms with Crippen molar-refractivity contribution in [3.05, 3.63) is 47.0 Å². The molecule has 146 valence electrons. The van der Waals surface area contributed by atoms with Gasteiger partial charge in [-0.15, -0.1) is 10.2 Å². The number of aromatic nitrogens is 2. The fraction of sp³-hybridized carbons (Fsp3) is 0.500. The molecule has 1 aromatic heterocycles. The molecule has 0 fully saturated rings. The number of aliphatic hydroxyl groups is 1. The van der Waals surface area contributed by atoms with E-state index in [1.54, 1.807) is 12.1 Å². The largest absolute Gasteiger partial charge is 0.595 e. The maximum atomic E-state index is 11.0. The minimum atomic E-state index is -0.965. The highest BCUT2D eigenvalue weighted by Gasteiger charge is 2.32. The highest BCUT2D eigenvalue weighted by atomic mass is 16.8. The van der Waals surface area contributed by atoms with Crippen molar-refractivity contribution in [2.75, 3.05) is 6.61 Å². The molecule has 0 radical (unpaired) electrons. The molecule has 0 amide bonds. The lowest BCUT2D eigenvalue weighted by atomic mass is 9.70. The smallest absolute Gasteiger partial charge is 0.247 e. The van der Waals surface area contributed by atoms with Crippen LogP contribution in [0, 0.1) is 28.9 Å². The number of aliphatic hydroxyl groups excluding tert-OH is 1. The van der Waals surface area contributed by atoms with Gasteiger partial charge in [-0.05, 0) is 43.2 Å². The molecule has 0 saturated heterocycles. The Bertz CT molecular complexity index is 783. The van der Waals surface area contributed by atoms with Crippen molar-refractivity contribution < 1.29 is 20.0 Å². The normalized spacial score (nSPS) is 24.1. The summed E-state index contributed by atoms with van der Waals surface area (Å²) in [7, 11) is 0. The van der Waals surface area contributed by atoms with Gasteiger partial charge in [0.2, 0.25) is 11.8 Å². The summed E-state index contributed by atoms with van der Waals surface area (Å²) in [5.41, 5.74) is 2.19. The number of hydrogen-bond acceptors (Lipinski definition) is 6. The number of allylic oxidation sites excluding steroid dienone is 1.